The van der Waals surface area contributed by atoms with Gasteiger partial charge in [-0.3, -0.25) is 4.79 Å². The Kier molecular flexibility index (Phi) is 5.69. The van der Waals surface area contributed by atoms with E-state index in [0.29, 0.717) is 17.2 Å². The molecule has 0 aliphatic rings. The second-order valence-electron chi connectivity index (χ2n) is 6.30. The molecule has 0 saturated heterocycles. The molecule has 1 amide bonds. The molecule has 0 atom stereocenters. The highest BCUT2D eigenvalue weighted by Crippen LogP contribution is 2.21. The maximum absolute atomic E-state index is 12.4. The van der Waals surface area contributed by atoms with Gasteiger partial charge in [0.1, 0.15) is 11.4 Å². The summed E-state index contributed by atoms with van der Waals surface area (Å²) in [7, 11) is 5.34. The van der Waals surface area contributed by atoms with E-state index in [2.05, 4.69) is 25.6 Å². The molecule has 2 N–H and O–H groups in total. The average Bonchev–Trinajstić information content (AvgIpc) is 2.69. The van der Waals surface area contributed by atoms with Crippen LogP contribution in [0.5, 0.6) is 5.88 Å². The Hall–Kier alpha value is -3.68. The Bertz CT molecular complexity index is 973. The molecule has 0 unspecified atom stereocenters. The van der Waals surface area contributed by atoms with Crippen molar-refractivity contribution in [1.82, 2.24) is 15.0 Å². The monoisotopic (exact) mass is 378 g/mol. The third-order valence-corrected chi connectivity index (χ3v) is 3.91. The van der Waals surface area contributed by atoms with Gasteiger partial charge in [-0.1, -0.05) is 0 Å². The molecule has 1 aromatic carbocycles. The van der Waals surface area contributed by atoms with Gasteiger partial charge in [0.05, 0.1) is 7.11 Å². The maximum atomic E-state index is 12.4. The number of aryl methyl sites for hydroxylation is 1. The lowest BCUT2D eigenvalue weighted by Gasteiger charge is -2.14. The van der Waals surface area contributed by atoms with Crippen molar-refractivity contribution in [3.63, 3.8) is 0 Å². The number of aromatic nitrogens is 3. The molecule has 144 valence electrons. The van der Waals surface area contributed by atoms with Crippen molar-refractivity contribution in [2.24, 2.45) is 0 Å². The normalized spacial score (nSPS) is 10.3. The molecular weight excluding hydrogens is 356 g/mol. The first-order valence-corrected chi connectivity index (χ1v) is 8.66. The Morgan fingerprint density at radius 2 is 1.79 bits per heavy atom. The third-order valence-electron chi connectivity index (χ3n) is 3.91. The summed E-state index contributed by atoms with van der Waals surface area (Å²) in [6.45, 7) is 1.92. The van der Waals surface area contributed by atoms with Gasteiger partial charge in [0.2, 0.25) is 11.8 Å². The lowest BCUT2D eigenvalue weighted by Crippen LogP contribution is -2.14. The third kappa shape index (κ3) is 4.53. The first-order valence-electron chi connectivity index (χ1n) is 8.66. The van der Waals surface area contributed by atoms with E-state index in [4.69, 9.17) is 4.74 Å². The van der Waals surface area contributed by atoms with E-state index < -0.39 is 0 Å². The van der Waals surface area contributed by atoms with Gasteiger partial charge < -0.3 is 20.3 Å². The van der Waals surface area contributed by atoms with Crippen molar-refractivity contribution in [1.29, 1.82) is 0 Å². The molecule has 0 saturated carbocycles. The van der Waals surface area contributed by atoms with Gasteiger partial charge in [-0.05, 0) is 43.3 Å². The Morgan fingerprint density at radius 3 is 2.46 bits per heavy atom. The van der Waals surface area contributed by atoms with Crippen LogP contribution in [0.3, 0.4) is 0 Å². The molecule has 28 heavy (non-hydrogen) atoms. The SMILES string of the molecule is COc1ncccc1C(=O)Nc1ccc(Nc2nc(C)cc(N(C)C)n2)cc1. The van der Waals surface area contributed by atoms with Crippen LogP contribution in [0.1, 0.15) is 16.1 Å². The van der Waals surface area contributed by atoms with Crippen LogP contribution in [0.2, 0.25) is 0 Å². The van der Waals surface area contributed by atoms with Crippen LogP contribution < -0.4 is 20.3 Å². The molecule has 3 rings (SSSR count). The van der Waals surface area contributed by atoms with E-state index in [0.717, 1.165) is 17.2 Å². The highest BCUT2D eigenvalue weighted by molar-refractivity contribution is 6.05. The molecule has 0 fully saturated rings. The lowest BCUT2D eigenvalue weighted by molar-refractivity contribution is 0.102. The molecule has 2 aromatic heterocycles. The number of carbonyl (C=O) groups excluding carboxylic acids is 1. The standard InChI is InChI=1S/C20H22N6O2/c1-13-12-17(26(2)3)25-20(22-13)24-15-9-7-14(8-10-15)23-18(27)16-6-5-11-21-19(16)28-4/h5-12H,1-4H3,(H,23,27)(H,22,24,25). The minimum atomic E-state index is -0.289. The van der Waals surface area contributed by atoms with Crippen molar-refractivity contribution in [2.75, 3.05) is 36.7 Å². The van der Waals surface area contributed by atoms with Crippen molar-refractivity contribution in [3.05, 3.63) is 59.9 Å². The summed E-state index contributed by atoms with van der Waals surface area (Å²) >= 11 is 0. The summed E-state index contributed by atoms with van der Waals surface area (Å²) in [6, 6.07) is 12.5. The average molecular weight is 378 g/mol. The predicted molar refractivity (Wildman–Crippen MR) is 110 cm³/mol. The van der Waals surface area contributed by atoms with Crippen molar-refractivity contribution in [2.45, 2.75) is 6.92 Å². The number of methoxy groups -OCH3 is 1. The number of amides is 1. The second-order valence-corrected chi connectivity index (χ2v) is 6.30. The molecule has 0 aliphatic carbocycles. The van der Waals surface area contributed by atoms with E-state index in [1.165, 1.54) is 7.11 Å². The number of hydrogen-bond donors (Lipinski definition) is 2. The zero-order valence-electron chi connectivity index (χ0n) is 16.2. The Labute approximate surface area is 163 Å². The summed E-state index contributed by atoms with van der Waals surface area (Å²) in [6.07, 6.45) is 1.57. The number of anilines is 4. The van der Waals surface area contributed by atoms with Crippen LogP contribution in [0.25, 0.3) is 0 Å². The van der Waals surface area contributed by atoms with Gasteiger partial charge in [0, 0.05) is 43.4 Å². The van der Waals surface area contributed by atoms with Crippen LogP contribution in [0.15, 0.2) is 48.7 Å². The molecule has 8 heteroatoms. The van der Waals surface area contributed by atoms with Crippen molar-refractivity contribution in [3.8, 4) is 5.88 Å². The van der Waals surface area contributed by atoms with E-state index in [1.807, 2.05) is 44.1 Å². The van der Waals surface area contributed by atoms with Crippen LogP contribution in [-0.4, -0.2) is 42.1 Å². The Morgan fingerprint density at radius 1 is 1.07 bits per heavy atom. The van der Waals surface area contributed by atoms with Crippen LogP contribution in [-0.2, 0) is 0 Å². The topological polar surface area (TPSA) is 92.3 Å². The summed E-state index contributed by atoms with van der Waals surface area (Å²) in [5.74, 6) is 1.33. The molecule has 0 bridgehead atoms. The number of carbonyl (C=O) groups is 1. The van der Waals surface area contributed by atoms with Gasteiger partial charge in [-0.15, -0.1) is 0 Å². The zero-order valence-corrected chi connectivity index (χ0v) is 16.2. The van der Waals surface area contributed by atoms with Crippen molar-refractivity contribution >= 4 is 29.0 Å². The van der Waals surface area contributed by atoms with Crippen LogP contribution in [0, 0.1) is 6.92 Å². The van der Waals surface area contributed by atoms with Gasteiger partial charge in [0.25, 0.3) is 5.91 Å². The summed E-state index contributed by atoms with van der Waals surface area (Å²) in [5, 5.41) is 6.01. The molecule has 3 aromatic rings. The minimum absolute atomic E-state index is 0.284. The molecule has 2 heterocycles. The largest absolute Gasteiger partial charge is 0.480 e. The molecule has 8 nitrogen and oxygen atoms in total. The summed E-state index contributed by atoms with van der Waals surface area (Å²) in [4.78, 5) is 27.3. The number of nitrogens with zero attached hydrogens (tertiary/aromatic N) is 4. The second kappa shape index (κ2) is 8.34. The predicted octanol–water partition coefficient (Wildman–Crippen LogP) is 3.25. The number of benzene rings is 1. The van der Waals surface area contributed by atoms with Gasteiger partial charge >= 0.3 is 0 Å². The molecule has 0 aliphatic heterocycles. The van der Waals surface area contributed by atoms with E-state index >= 15 is 0 Å². The van der Waals surface area contributed by atoms with Crippen LogP contribution >= 0.6 is 0 Å². The Balaban J connectivity index is 1.71. The highest BCUT2D eigenvalue weighted by atomic mass is 16.5. The van der Waals surface area contributed by atoms with Crippen LogP contribution in [0.4, 0.5) is 23.1 Å². The van der Waals surface area contributed by atoms with Gasteiger partial charge in [-0.25, -0.2) is 9.97 Å². The number of nitrogens with one attached hydrogen (secondary N) is 2. The fourth-order valence-corrected chi connectivity index (χ4v) is 2.53. The number of hydrogen-bond acceptors (Lipinski definition) is 7. The van der Waals surface area contributed by atoms with Gasteiger partial charge in [-0.2, -0.15) is 4.98 Å². The molecule has 0 spiro atoms. The number of ether oxygens (including phenoxy) is 1. The first-order chi connectivity index (χ1) is 13.5. The van der Waals surface area contributed by atoms with E-state index in [9.17, 15) is 4.79 Å². The zero-order chi connectivity index (χ0) is 20.1. The number of pyridine rings is 1. The fourth-order valence-electron chi connectivity index (χ4n) is 2.53. The molecular formula is C20H22N6O2. The highest BCUT2D eigenvalue weighted by Gasteiger charge is 2.13. The quantitative estimate of drug-likeness (QED) is 0.680. The maximum Gasteiger partial charge on any atom is 0.261 e. The van der Waals surface area contributed by atoms with Crippen molar-refractivity contribution < 1.29 is 9.53 Å². The lowest BCUT2D eigenvalue weighted by atomic mass is 10.2. The smallest absolute Gasteiger partial charge is 0.261 e. The first kappa shape index (κ1) is 19.1. The van der Waals surface area contributed by atoms with E-state index in [-0.39, 0.29) is 11.8 Å². The number of rotatable bonds is 6. The van der Waals surface area contributed by atoms with E-state index in [1.54, 1.807) is 30.5 Å². The fraction of sp³-hybridized carbons (Fsp3) is 0.200. The molecule has 0 radical (unpaired) electrons. The summed E-state index contributed by atoms with van der Waals surface area (Å²) in [5.41, 5.74) is 2.71. The summed E-state index contributed by atoms with van der Waals surface area (Å²) < 4.78 is 5.13. The minimum Gasteiger partial charge on any atom is -0.480 e. The van der Waals surface area contributed by atoms with Gasteiger partial charge in [0.15, 0.2) is 0 Å².